The van der Waals surface area contributed by atoms with Crippen molar-refractivity contribution in [2.24, 2.45) is 5.92 Å². The van der Waals surface area contributed by atoms with Gasteiger partial charge in [-0.1, -0.05) is 0 Å². The number of amides is 1. The minimum Gasteiger partial charge on any atom is -0.441 e. The fraction of sp³-hybridized carbons (Fsp3) is 0.923. The lowest BCUT2D eigenvalue weighted by Gasteiger charge is -2.17. The summed E-state index contributed by atoms with van der Waals surface area (Å²) in [5.41, 5.74) is 0. The molecule has 0 spiro atoms. The molecular weight excluding hydrogens is 248 g/mol. The molecule has 6 heteroatoms. The van der Waals surface area contributed by atoms with Gasteiger partial charge in [-0.3, -0.25) is 0 Å². The van der Waals surface area contributed by atoms with Crippen LogP contribution < -0.4 is 10.6 Å². The standard InChI is InChI=1S/C13H22N2O4/c1-2-14-13(16)19-10-7-18-11-9(6-17-12(10)11)15-5-8-3-4-8/h8-12,15H,2-7H2,1H3,(H,14,16)/t9-,10+,11+,12+/m0/s1. The SMILES string of the molecule is CCNC(=O)O[C@@H]1CO[C@H]2[C@@H]1OC[C@@H]2NCC1CC1. The number of alkyl carbamates (subject to hydrolysis) is 1. The van der Waals surface area contributed by atoms with E-state index < -0.39 is 6.09 Å². The maximum Gasteiger partial charge on any atom is 0.407 e. The molecule has 1 amide bonds. The fourth-order valence-corrected chi connectivity index (χ4v) is 2.70. The topological polar surface area (TPSA) is 68.8 Å². The summed E-state index contributed by atoms with van der Waals surface area (Å²) >= 11 is 0. The first-order valence-corrected chi connectivity index (χ1v) is 7.19. The lowest BCUT2D eigenvalue weighted by molar-refractivity contribution is 0.00401. The maximum atomic E-state index is 11.4. The van der Waals surface area contributed by atoms with E-state index in [1.165, 1.54) is 12.8 Å². The summed E-state index contributed by atoms with van der Waals surface area (Å²) in [4.78, 5) is 11.4. The number of fused-ring (bicyclic) bond motifs is 1. The zero-order valence-corrected chi connectivity index (χ0v) is 11.3. The van der Waals surface area contributed by atoms with Gasteiger partial charge in [-0.2, -0.15) is 0 Å². The molecule has 0 aromatic heterocycles. The largest absolute Gasteiger partial charge is 0.441 e. The summed E-state index contributed by atoms with van der Waals surface area (Å²) in [7, 11) is 0. The average Bonchev–Trinajstić information content (AvgIpc) is 3.00. The van der Waals surface area contributed by atoms with Crippen LogP contribution in [0.15, 0.2) is 0 Å². The van der Waals surface area contributed by atoms with Crippen LogP contribution in [0.3, 0.4) is 0 Å². The van der Waals surface area contributed by atoms with Crippen LogP contribution in [0.5, 0.6) is 0 Å². The number of hydrogen-bond donors (Lipinski definition) is 2. The molecule has 2 aliphatic heterocycles. The number of hydrogen-bond acceptors (Lipinski definition) is 5. The van der Waals surface area contributed by atoms with Gasteiger partial charge in [0.2, 0.25) is 0 Å². The fourth-order valence-electron chi connectivity index (χ4n) is 2.70. The summed E-state index contributed by atoms with van der Waals surface area (Å²) in [6.07, 6.45) is 1.87. The predicted molar refractivity (Wildman–Crippen MR) is 67.9 cm³/mol. The van der Waals surface area contributed by atoms with Gasteiger partial charge >= 0.3 is 6.09 Å². The second kappa shape index (κ2) is 5.64. The molecule has 6 nitrogen and oxygen atoms in total. The van der Waals surface area contributed by atoms with Crippen LogP contribution in [0.4, 0.5) is 4.79 Å². The summed E-state index contributed by atoms with van der Waals surface area (Å²) < 4.78 is 16.8. The molecule has 2 N–H and O–H groups in total. The molecule has 4 atom stereocenters. The van der Waals surface area contributed by atoms with Crippen molar-refractivity contribution in [2.45, 2.75) is 44.1 Å². The Labute approximate surface area is 113 Å². The van der Waals surface area contributed by atoms with Crippen LogP contribution in [0.2, 0.25) is 0 Å². The van der Waals surface area contributed by atoms with Gasteiger partial charge in [0.25, 0.3) is 0 Å². The summed E-state index contributed by atoms with van der Waals surface area (Å²) in [6.45, 7) is 4.53. The third kappa shape index (κ3) is 3.01. The summed E-state index contributed by atoms with van der Waals surface area (Å²) in [6, 6.07) is 0.230. The third-order valence-corrected chi connectivity index (χ3v) is 3.95. The first-order chi connectivity index (χ1) is 9.28. The highest BCUT2D eigenvalue weighted by Crippen LogP contribution is 2.31. The Morgan fingerprint density at radius 3 is 2.79 bits per heavy atom. The molecule has 108 valence electrons. The molecular formula is C13H22N2O4. The van der Waals surface area contributed by atoms with Crippen molar-refractivity contribution in [1.82, 2.24) is 10.6 Å². The van der Waals surface area contributed by atoms with E-state index in [9.17, 15) is 4.79 Å². The van der Waals surface area contributed by atoms with E-state index in [0.717, 1.165) is 12.5 Å². The van der Waals surface area contributed by atoms with Gasteiger partial charge in [0.1, 0.15) is 12.2 Å². The van der Waals surface area contributed by atoms with Crippen LogP contribution in [-0.2, 0) is 14.2 Å². The van der Waals surface area contributed by atoms with E-state index in [2.05, 4.69) is 10.6 Å². The molecule has 0 radical (unpaired) electrons. The number of ether oxygens (including phenoxy) is 3. The van der Waals surface area contributed by atoms with Crippen LogP contribution >= 0.6 is 0 Å². The highest BCUT2D eigenvalue weighted by atomic mass is 16.6. The minimum atomic E-state index is -0.394. The Kier molecular flexibility index (Phi) is 3.91. The van der Waals surface area contributed by atoms with Crippen molar-refractivity contribution < 1.29 is 19.0 Å². The molecule has 3 rings (SSSR count). The first kappa shape index (κ1) is 13.1. The van der Waals surface area contributed by atoms with Crippen LogP contribution in [0.25, 0.3) is 0 Å². The summed E-state index contributed by atoms with van der Waals surface area (Å²) in [5, 5.41) is 6.13. The lowest BCUT2D eigenvalue weighted by atomic mass is 10.1. The average molecular weight is 270 g/mol. The van der Waals surface area contributed by atoms with Crippen molar-refractivity contribution in [3.63, 3.8) is 0 Å². The van der Waals surface area contributed by atoms with E-state index in [4.69, 9.17) is 14.2 Å². The summed E-state index contributed by atoms with van der Waals surface area (Å²) in [5.74, 6) is 0.836. The Hall–Kier alpha value is -0.850. The lowest BCUT2D eigenvalue weighted by Crippen LogP contribution is -2.42. The highest BCUT2D eigenvalue weighted by molar-refractivity contribution is 5.67. The van der Waals surface area contributed by atoms with Crippen molar-refractivity contribution in [3.8, 4) is 0 Å². The Morgan fingerprint density at radius 2 is 2.05 bits per heavy atom. The third-order valence-electron chi connectivity index (χ3n) is 3.95. The van der Waals surface area contributed by atoms with Crippen LogP contribution in [-0.4, -0.2) is 56.8 Å². The molecule has 3 fully saturated rings. The molecule has 0 bridgehead atoms. The second-order valence-corrected chi connectivity index (χ2v) is 5.53. The molecule has 2 heterocycles. The molecule has 0 unspecified atom stereocenters. The van der Waals surface area contributed by atoms with E-state index in [1.807, 2.05) is 6.92 Å². The van der Waals surface area contributed by atoms with E-state index >= 15 is 0 Å². The van der Waals surface area contributed by atoms with Crippen molar-refractivity contribution in [2.75, 3.05) is 26.3 Å². The van der Waals surface area contributed by atoms with Gasteiger partial charge < -0.3 is 24.8 Å². The van der Waals surface area contributed by atoms with Crippen LogP contribution in [0.1, 0.15) is 19.8 Å². The number of nitrogens with one attached hydrogen (secondary N) is 2. The smallest absolute Gasteiger partial charge is 0.407 e. The zero-order valence-electron chi connectivity index (χ0n) is 11.3. The molecule has 19 heavy (non-hydrogen) atoms. The Balaban J connectivity index is 1.48. The minimum absolute atomic E-state index is 0.0122. The Bertz CT molecular complexity index is 335. The first-order valence-electron chi connectivity index (χ1n) is 7.19. The molecule has 2 saturated heterocycles. The number of carbonyl (C=O) groups excluding carboxylic acids is 1. The normalized spacial score (nSPS) is 37.1. The van der Waals surface area contributed by atoms with Gasteiger partial charge in [-0.25, -0.2) is 4.79 Å². The van der Waals surface area contributed by atoms with E-state index in [0.29, 0.717) is 19.8 Å². The molecule has 1 saturated carbocycles. The predicted octanol–water partition coefficient (Wildman–Crippen LogP) is 0.267. The number of rotatable bonds is 5. The van der Waals surface area contributed by atoms with Crippen molar-refractivity contribution in [3.05, 3.63) is 0 Å². The second-order valence-electron chi connectivity index (χ2n) is 5.53. The number of carbonyl (C=O) groups is 1. The van der Waals surface area contributed by atoms with Gasteiger partial charge in [0.05, 0.1) is 19.3 Å². The quantitative estimate of drug-likeness (QED) is 0.750. The maximum absolute atomic E-state index is 11.4. The van der Waals surface area contributed by atoms with Crippen molar-refractivity contribution in [1.29, 1.82) is 0 Å². The zero-order chi connectivity index (χ0) is 13.2. The molecule has 1 aliphatic carbocycles. The molecule has 3 aliphatic rings. The molecule has 0 aromatic rings. The van der Waals surface area contributed by atoms with Crippen LogP contribution in [0, 0.1) is 5.92 Å². The van der Waals surface area contributed by atoms with E-state index in [1.54, 1.807) is 0 Å². The Morgan fingerprint density at radius 1 is 1.26 bits per heavy atom. The van der Waals surface area contributed by atoms with Crippen molar-refractivity contribution >= 4 is 6.09 Å². The monoisotopic (exact) mass is 270 g/mol. The van der Waals surface area contributed by atoms with Gasteiger partial charge in [0, 0.05) is 6.54 Å². The van der Waals surface area contributed by atoms with Gasteiger partial charge in [-0.05, 0) is 32.2 Å². The van der Waals surface area contributed by atoms with E-state index in [-0.39, 0.29) is 24.4 Å². The van der Waals surface area contributed by atoms with Gasteiger partial charge in [0.15, 0.2) is 6.10 Å². The molecule has 0 aromatic carbocycles. The highest BCUT2D eigenvalue weighted by Gasteiger charge is 2.49. The van der Waals surface area contributed by atoms with Gasteiger partial charge in [-0.15, -0.1) is 0 Å².